The number of hydrogen-bond donors (Lipinski definition) is 4. The zero-order chi connectivity index (χ0) is 37.7. The van der Waals surface area contributed by atoms with E-state index in [9.17, 15) is 31.7 Å². The standard InChI is InChI=1S/C34H30F6N8O3S/c1-33(2,50)11-9-20-7-8-21(22-5-4-6-24-28(22)47(3)45-31(24)46-52(41)51)26(42-20)25(15-17-13-18(35)16-19(36)14-17)43-32(49)48-29-23(10-12-34(29,39)40)27(44-48)30(37)38/h4-8,13-14,16,25,30,50H,10,12,15,41H2,1-3H3,(H,43,49)(H,45,46). The van der Waals surface area contributed by atoms with Crippen LogP contribution < -0.4 is 15.2 Å². The van der Waals surface area contributed by atoms with Gasteiger partial charge in [-0.25, -0.2) is 36.7 Å². The highest BCUT2D eigenvalue weighted by Gasteiger charge is 2.47. The van der Waals surface area contributed by atoms with Crippen LogP contribution in [0.3, 0.4) is 0 Å². The predicted molar refractivity (Wildman–Crippen MR) is 179 cm³/mol. The molecule has 1 amide bonds. The Bertz CT molecular complexity index is 2290. The molecule has 0 radical (unpaired) electrons. The Hall–Kier alpha value is -5.25. The highest BCUT2D eigenvalue weighted by atomic mass is 32.2. The Balaban J connectivity index is 1.57. The summed E-state index contributed by atoms with van der Waals surface area (Å²) in [6.07, 6.45) is -4.88. The first-order valence-corrected chi connectivity index (χ1v) is 16.8. The molecular formula is C34H30F6N8O3S. The number of rotatable bonds is 8. The second-order valence-electron chi connectivity index (χ2n) is 12.6. The van der Waals surface area contributed by atoms with E-state index in [-0.39, 0.29) is 33.9 Å². The van der Waals surface area contributed by atoms with Crippen molar-refractivity contribution in [2.75, 3.05) is 4.72 Å². The molecule has 1 aliphatic rings. The third kappa shape index (κ3) is 7.38. The highest BCUT2D eigenvalue weighted by Crippen LogP contribution is 2.45. The largest absolute Gasteiger partial charge is 0.378 e. The van der Waals surface area contributed by atoms with Gasteiger partial charge in [0.1, 0.15) is 34.3 Å². The number of carbonyl (C=O) groups excluding carboxylic acids is 1. The van der Waals surface area contributed by atoms with Gasteiger partial charge in [-0.15, -0.1) is 0 Å². The predicted octanol–water partition coefficient (Wildman–Crippen LogP) is 5.70. The van der Waals surface area contributed by atoms with Crippen molar-refractivity contribution in [3.05, 3.63) is 94.1 Å². The molecule has 5 aromatic rings. The van der Waals surface area contributed by atoms with Gasteiger partial charge in [0.2, 0.25) is 0 Å². The van der Waals surface area contributed by atoms with Gasteiger partial charge in [0, 0.05) is 41.6 Å². The molecule has 0 saturated carbocycles. The van der Waals surface area contributed by atoms with E-state index < -0.39 is 82.6 Å². The summed E-state index contributed by atoms with van der Waals surface area (Å²) in [6, 6.07) is 7.99. The van der Waals surface area contributed by atoms with Gasteiger partial charge < -0.3 is 10.4 Å². The molecule has 0 fully saturated rings. The Morgan fingerprint density at radius 1 is 1.10 bits per heavy atom. The number of aliphatic hydroxyl groups is 1. The average molecular weight is 745 g/mol. The van der Waals surface area contributed by atoms with Crippen molar-refractivity contribution < 1.29 is 40.5 Å². The summed E-state index contributed by atoms with van der Waals surface area (Å²) in [5.41, 5.74) is -2.53. The van der Waals surface area contributed by atoms with Gasteiger partial charge >= 0.3 is 6.03 Å². The monoisotopic (exact) mass is 744 g/mol. The summed E-state index contributed by atoms with van der Waals surface area (Å²) in [5.74, 6) is 0.00252. The minimum atomic E-state index is -3.65. The first-order valence-electron chi connectivity index (χ1n) is 15.6. The molecular weight excluding hydrogens is 714 g/mol. The molecule has 1 aliphatic carbocycles. The van der Waals surface area contributed by atoms with Gasteiger partial charge in [0.25, 0.3) is 12.3 Å². The number of nitrogens with one attached hydrogen (secondary N) is 2. The molecule has 11 nitrogen and oxygen atoms in total. The maximum atomic E-state index is 15.1. The van der Waals surface area contributed by atoms with Crippen LogP contribution in [0, 0.1) is 23.5 Å². The molecule has 6 rings (SSSR count). The van der Waals surface area contributed by atoms with Gasteiger partial charge in [0.15, 0.2) is 17.0 Å². The van der Waals surface area contributed by atoms with Crippen molar-refractivity contribution in [2.24, 2.45) is 12.2 Å². The molecule has 5 N–H and O–H groups in total. The average Bonchev–Trinajstić information content (AvgIpc) is 3.69. The number of para-hydroxylation sites is 1. The molecule has 18 heteroatoms. The van der Waals surface area contributed by atoms with E-state index in [0.717, 1.165) is 12.1 Å². The van der Waals surface area contributed by atoms with Crippen LogP contribution >= 0.6 is 0 Å². The molecule has 0 spiro atoms. The number of benzene rings is 2. The first kappa shape index (κ1) is 36.5. The maximum absolute atomic E-state index is 15.1. The van der Waals surface area contributed by atoms with Gasteiger partial charge in [-0.1, -0.05) is 18.1 Å². The number of nitrogens with two attached hydrogens (primary N) is 1. The maximum Gasteiger partial charge on any atom is 0.343 e. The number of halogens is 6. The fourth-order valence-electron chi connectivity index (χ4n) is 6.18. The molecule has 2 aromatic carbocycles. The van der Waals surface area contributed by atoms with Gasteiger partial charge in [-0.05, 0) is 68.5 Å². The first-order chi connectivity index (χ1) is 24.4. The van der Waals surface area contributed by atoms with Crippen LogP contribution in [-0.4, -0.2) is 45.5 Å². The SMILES string of the molecule is Cn1nc(NS(N)=O)c2cccc(-c3ccc(C#CC(C)(C)O)nc3C(Cc3cc(F)cc(F)c3)NC(=O)n3nc(C(F)F)c4c3C(F)(F)CC4)c21. The lowest BCUT2D eigenvalue weighted by molar-refractivity contribution is -0.00911. The Labute approximate surface area is 294 Å². The molecule has 0 aliphatic heterocycles. The summed E-state index contributed by atoms with van der Waals surface area (Å²) in [6.45, 7) is 2.87. The van der Waals surface area contributed by atoms with E-state index in [1.165, 1.54) is 24.6 Å². The number of carbonyl (C=O) groups is 1. The number of aryl methyl sites for hydroxylation is 1. The molecule has 0 bridgehead atoms. The van der Waals surface area contributed by atoms with Crippen LogP contribution in [-0.2, 0) is 37.0 Å². The number of pyridine rings is 1. The summed E-state index contributed by atoms with van der Waals surface area (Å²) in [5, 5.41) is 26.7. The van der Waals surface area contributed by atoms with Crippen LogP contribution in [0.2, 0.25) is 0 Å². The van der Waals surface area contributed by atoms with Crippen LogP contribution in [0.15, 0.2) is 48.5 Å². The quantitative estimate of drug-likeness (QED) is 0.118. The van der Waals surface area contributed by atoms with Crippen molar-refractivity contribution in [2.45, 2.75) is 57.1 Å². The van der Waals surface area contributed by atoms with E-state index in [0.29, 0.717) is 28.1 Å². The number of alkyl halides is 4. The van der Waals surface area contributed by atoms with E-state index in [1.54, 1.807) is 31.3 Å². The third-order valence-electron chi connectivity index (χ3n) is 8.21. The fraction of sp³-hybridized carbons (Fsp3) is 0.294. The van der Waals surface area contributed by atoms with Crippen molar-refractivity contribution in [3.8, 4) is 23.0 Å². The van der Waals surface area contributed by atoms with E-state index in [1.807, 2.05) is 0 Å². The van der Waals surface area contributed by atoms with E-state index in [4.69, 9.17) is 5.14 Å². The lowest BCUT2D eigenvalue weighted by Crippen LogP contribution is -2.37. The topological polar surface area (TPSA) is 153 Å². The molecule has 272 valence electrons. The van der Waals surface area contributed by atoms with Crippen LogP contribution in [0.1, 0.15) is 66.6 Å². The van der Waals surface area contributed by atoms with E-state index in [2.05, 4.69) is 37.1 Å². The number of aromatic nitrogens is 5. The Kier molecular flexibility index (Phi) is 9.63. The molecule has 0 saturated heterocycles. The normalized spacial score (nSPS) is 14.9. The van der Waals surface area contributed by atoms with Gasteiger partial charge in [-0.2, -0.15) is 23.7 Å². The second kappa shape index (κ2) is 13.7. The Morgan fingerprint density at radius 3 is 2.46 bits per heavy atom. The van der Waals surface area contributed by atoms with Crippen molar-refractivity contribution in [1.29, 1.82) is 0 Å². The zero-order valence-corrected chi connectivity index (χ0v) is 28.5. The molecule has 2 unspecified atom stereocenters. The summed E-state index contributed by atoms with van der Waals surface area (Å²) in [4.78, 5) is 18.6. The Morgan fingerprint density at radius 2 is 1.81 bits per heavy atom. The van der Waals surface area contributed by atoms with Gasteiger partial charge in [-0.3, -0.25) is 9.40 Å². The summed E-state index contributed by atoms with van der Waals surface area (Å²) >= 11 is -1.98. The lowest BCUT2D eigenvalue weighted by Gasteiger charge is -2.23. The number of hydrogen-bond acceptors (Lipinski definition) is 6. The number of nitrogens with zero attached hydrogens (tertiary/aromatic N) is 5. The van der Waals surface area contributed by atoms with E-state index >= 15 is 8.78 Å². The van der Waals surface area contributed by atoms with Gasteiger partial charge in [0.05, 0.1) is 17.3 Å². The molecule has 52 heavy (non-hydrogen) atoms. The fourth-order valence-corrected chi connectivity index (χ4v) is 6.52. The number of amides is 1. The van der Waals surface area contributed by atoms with Crippen LogP contribution in [0.25, 0.3) is 22.0 Å². The molecule has 3 heterocycles. The molecule has 3 aromatic heterocycles. The summed E-state index contributed by atoms with van der Waals surface area (Å²) in [7, 11) is 1.60. The number of anilines is 1. The highest BCUT2D eigenvalue weighted by molar-refractivity contribution is 7.84. The third-order valence-corrected chi connectivity index (χ3v) is 8.61. The molecule has 2 atom stereocenters. The van der Waals surface area contributed by atoms with Crippen molar-refractivity contribution >= 4 is 33.9 Å². The zero-order valence-electron chi connectivity index (χ0n) is 27.6. The summed E-state index contributed by atoms with van der Waals surface area (Å²) < 4.78 is 103. The van der Waals surface area contributed by atoms with Crippen LogP contribution in [0.4, 0.5) is 37.0 Å². The van der Waals surface area contributed by atoms with Crippen molar-refractivity contribution in [1.82, 2.24) is 29.9 Å². The lowest BCUT2D eigenvalue weighted by atomic mass is 9.94. The minimum Gasteiger partial charge on any atom is -0.378 e. The number of fused-ring (bicyclic) bond motifs is 2. The smallest absolute Gasteiger partial charge is 0.343 e. The second-order valence-corrected chi connectivity index (χ2v) is 13.4. The van der Waals surface area contributed by atoms with Crippen molar-refractivity contribution in [3.63, 3.8) is 0 Å². The van der Waals surface area contributed by atoms with Crippen LogP contribution in [0.5, 0.6) is 0 Å². The minimum absolute atomic E-state index is 0.0100.